The summed E-state index contributed by atoms with van der Waals surface area (Å²) in [4.78, 5) is 30.7. The number of aliphatic imine (C=N–C) groups is 1. The third-order valence-corrected chi connectivity index (χ3v) is 6.17. The molecule has 0 bridgehead atoms. The molecule has 2 amide bonds. The molecule has 202 valence electrons. The van der Waals surface area contributed by atoms with E-state index in [1.807, 2.05) is 27.7 Å². The predicted octanol–water partition coefficient (Wildman–Crippen LogP) is 4.08. The minimum absolute atomic E-state index is 0.0242. The van der Waals surface area contributed by atoms with E-state index in [-0.39, 0.29) is 42.3 Å². The van der Waals surface area contributed by atoms with Crippen molar-refractivity contribution in [3.63, 3.8) is 0 Å². The summed E-state index contributed by atoms with van der Waals surface area (Å²) in [6.07, 6.45) is 3.43. The fourth-order valence-electron chi connectivity index (χ4n) is 4.14. The van der Waals surface area contributed by atoms with Gasteiger partial charge in [0.25, 0.3) is 5.91 Å². The molecule has 3 N–H and O–H groups in total. The van der Waals surface area contributed by atoms with E-state index < -0.39 is 5.91 Å². The molecular formula is C26H37N5O6. The van der Waals surface area contributed by atoms with E-state index in [1.165, 1.54) is 19.4 Å². The molecule has 1 aromatic heterocycles. The summed E-state index contributed by atoms with van der Waals surface area (Å²) in [5.74, 6) is 0.728. The van der Waals surface area contributed by atoms with Crippen molar-refractivity contribution in [1.29, 1.82) is 0 Å². The van der Waals surface area contributed by atoms with Crippen LogP contribution in [0.25, 0.3) is 0 Å². The van der Waals surface area contributed by atoms with Crippen LogP contribution in [-0.2, 0) is 9.53 Å². The third-order valence-electron chi connectivity index (χ3n) is 6.17. The molecule has 1 aliphatic rings. The first-order chi connectivity index (χ1) is 17.7. The summed E-state index contributed by atoms with van der Waals surface area (Å²) in [6.45, 7) is 8.60. The van der Waals surface area contributed by atoms with Crippen molar-refractivity contribution in [2.24, 2.45) is 4.99 Å². The SMILES string of the molecule is CCN(CC)C(=O)O[C@@H]1CC[C@H](c2cc(NC(=O)COc3cc(OC)cc(O)c3/C=N/C(C)C)n[nH]2)C1. The van der Waals surface area contributed by atoms with Crippen molar-refractivity contribution < 1.29 is 28.9 Å². The normalized spacial score (nSPS) is 17.2. The van der Waals surface area contributed by atoms with E-state index in [0.717, 1.165) is 18.5 Å². The molecule has 1 saturated carbocycles. The van der Waals surface area contributed by atoms with E-state index in [0.29, 0.717) is 36.6 Å². The summed E-state index contributed by atoms with van der Waals surface area (Å²) >= 11 is 0. The maximum Gasteiger partial charge on any atom is 0.410 e. The number of carbonyl (C=O) groups excluding carboxylic acids is 2. The Morgan fingerprint density at radius 1 is 1.27 bits per heavy atom. The van der Waals surface area contributed by atoms with Crippen molar-refractivity contribution in [3.8, 4) is 17.2 Å². The summed E-state index contributed by atoms with van der Waals surface area (Å²) in [7, 11) is 1.48. The molecule has 0 unspecified atom stereocenters. The van der Waals surface area contributed by atoms with Gasteiger partial charge in [0.1, 0.15) is 23.4 Å². The lowest BCUT2D eigenvalue weighted by atomic mass is 10.0. The van der Waals surface area contributed by atoms with Crippen molar-refractivity contribution in [3.05, 3.63) is 29.5 Å². The van der Waals surface area contributed by atoms with E-state index in [1.54, 1.807) is 17.0 Å². The third kappa shape index (κ3) is 7.61. The molecule has 0 radical (unpaired) electrons. The Hall–Kier alpha value is -3.76. The van der Waals surface area contributed by atoms with Gasteiger partial charge in [-0.3, -0.25) is 14.9 Å². The van der Waals surface area contributed by atoms with Gasteiger partial charge in [0.2, 0.25) is 0 Å². The molecule has 2 aromatic rings. The summed E-state index contributed by atoms with van der Waals surface area (Å²) < 4.78 is 16.5. The van der Waals surface area contributed by atoms with Crippen LogP contribution in [0.4, 0.5) is 10.6 Å². The average molecular weight is 516 g/mol. The molecule has 0 spiro atoms. The van der Waals surface area contributed by atoms with E-state index in [9.17, 15) is 14.7 Å². The van der Waals surface area contributed by atoms with Crippen LogP contribution in [0.3, 0.4) is 0 Å². The number of amides is 2. The van der Waals surface area contributed by atoms with Crippen LogP contribution in [0.2, 0.25) is 0 Å². The number of phenolic OH excluding ortho intramolecular Hbond substituents is 1. The summed E-state index contributed by atoms with van der Waals surface area (Å²) in [6, 6.07) is 4.86. The molecule has 11 heteroatoms. The Morgan fingerprint density at radius 2 is 2.03 bits per heavy atom. The Labute approximate surface area is 217 Å². The van der Waals surface area contributed by atoms with Gasteiger partial charge in [0.05, 0.1) is 12.7 Å². The first-order valence-electron chi connectivity index (χ1n) is 12.6. The first kappa shape index (κ1) is 27.8. The monoisotopic (exact) mass is 515 g/mol. The fourth-order valence-corrected chi connectivity index (χ4v) is 4.14. The number of benzene rings is 1. The second-order valence-electron chi connectivity index (χ2n) is 9.16. The lowest BCUT2D eigenvalue weighted by molar-refractivity contribution is -0.118. The fraction of sp³-hybridized carbons (Fsp3) is 0.538. The van der Waals surface area contributed by atoms with Gasteiger partial charge in [-0.15, -0.1) is 0 Å². The number of nitrogens with zero attached hydrogens (tertiary/aromatic N) is 3. The molecule has 3 rings (SSSR count). The maximum atomic E-state index is 12.5. The number of nitrogens with one attached hydrogen (secondary N) is 2. The molecule has 0 aliphatic heterocycles. The van der Waals surface area contributed by atoms with Crippen molar-refractivity contribution in [1.82, 2.24) is 15.1 Å². The predicted molar refractivity (Wildman–Crippen MR) is 140 cm³/mol. The zero-order chi connectivity index (χ0) is 26.9. The number of hydrogen-bond donors (Lipinski definition) is 3. The number of ether oxygens (including phenoxy) is 3. The standard InChI is InChI=1S/C26H37N5O6/c1-6-31(7-2)26(34)37-18-9-8-17(10-18)21-13-24(30-29-21)28-25(33)15-36-23-12-19(35-5)11-22(32)20(23)14-27-16(3)4/h11-14,16-18,32H,6-10,15H2,1-5H3,(H2,28,29,30,33)/b27-14+/t17-,18+/m0/s1. The topological polar surface area (TPSA) is 138 Å². The van der Waals surface area contributed by atoms with Crippen LogP contribution >= 0.6 is 0 Å². The molecule has 1 aromatic carbocycles. The Kier molecular flexibility index (Phi) is 9.76. The van der Waals surface area contributed by atoms with Gasteiger partial charge in [-0.25, -0.2) is 4.79 Å². The first-order valence-corrected chi connectivity index (χ1v) is 12.6. The number of phenols is 1. The average Bonchev–Trinajstić information content (AvgIpc) is 3.52. The number of methoxy groups -OCH3 is 1. The number of anilines is 1. The minimum atomic E-state index is -0.412. The molecule has 1 heterocycles. The van der Waals surface area contributed by atoms with Crippen LogP contribution < -0.4 is 14.8 Å². The highest BCUT2D eigenvalue weighted by molar-refractivity contribution is 5.92. The van der Waals surface area contributed by atoms with E-state index >= 15 is 0 Å². The molecule has 0 saturated heterocycles. The van der Waals surface area contributed by atoms with Gasteiger partial charge < -0.3 is 29.5 Å². The minimum Gasteiger partial charge on any atom is -0.507 e. The lowest BCUT2D eigenvalue weighted by Crippen LogP contribution is -2.33. The summed E-state index contributed by atoms with van der Waals surface area (Å²) in [5.41, 5.74) is 1.24. The number of aromatic hydroxyl groups is 1. The second-order valence-corrected chi connectivity index (χ2v) is 9.16. The van der Waals surface area contributed by atoms with Crippen LogP contribution in [-0.4, -0.2) is 77.4 Å². The highest BCUT2D eigenvalue weighted by Gasteiger charge is 2.31. The molecule has 1 fully saturated rings. The molecule has 1 aliphatic carbocycles. The highest BCUT2D eigenvalue weighted by atomic mass is 16.6. The van der Waals surface area contributed by atoms with Gasteiger partial charge >= 0.3 is 6.09 Å². The van der Waals surface area contributed by atoms with Gasteiger partial charge in [-0.2, -0.15) is 5.10 Å². The number of aromatic nitrogens is 2. The molecule has 11 nitrogen and oxygen atoms in total. The Bertz CT molecular complexity index is 1100. The highest BCUT2D eigenvalue weighted by Crippen LogP contribution is 2.36. The van der Waals surface area contributed by atoms with E-state index in [2.05, 4.69) is 20.5 Å². The molecule has 2 atom stereocenters. The number of rotatable bonds is 11. The number of aromatic amines is 1. The van der Waals surface area contributed by atoms with Gasteiger partial charge in [0.15, 0.2) is 12.4 Å². The quantitative estimate of drug-likeness (QED) is 0.383. The summed E-state index contributed by atoms with van der Waals surface area (Å²) in [5, 5.41) is 20.2. The Morgan fingerprint density at radius 3 is 2.70 bits per heavy atom. The number of hydrogen-bond acceptors (Lipinski definition) is 8. The number of H-pyrrole nitrogens is 1. The zero-order valence-corrected chi connectivity index (χ0v) is 22.1. The van der Waals surface area contributed by atoms with Crippen molar-refractivity contribution in [2.45, 2.75) is 65.0 Å². The van der Waals surface area contributed by atoms with Gasteiger partial charge in [-0.05, 0) is 47.0 Å². The van der Waals surface area contributed by atoms with E-state index in [4.69, 9.17) is 14.2 Å². The maximum absolute atomic E-state index is 12.5. The van der Waals surface area contributed by atoms with Crippen LogP contribution in [0.5, 0.6) is 17.2 Å². The van der Waals surface area contributed by atoms with Crippen LogP contribution in [0, 0.1) is 0 Å². The van der Waals surface area contributed by atoms with Crippen LogP contribution in [0.15, 0.2) is 23.2 Å². The van der Waals surface area contributed by atoms with Gasteiger partial charge in [-0.1, -0.05) is 0 Å². The Balaban J connectivity index is 1.56. The van der Waals surface area contributed by atoms with Crippen LogP contribution in [0.1, 0.15) is 64.1 Å². The molecular weight excluding hydrogens is 478 g/mol. The zero-order valence-electron chi connectivity index (χ0n) is 22.1. The number of carbonyl (C=O) groups is 2. The lowest BCUT2D eigenvalue weighted by Gasteiger charge is -2.21. The second kappa shape index (κ2) is 13.0. The smallest absolute Gasteiger partial charge is 0.410 e. The van der Waals surface area contributed by atoms with Gasteiger partial charge in [0, 0.05) is 55.2 Å². The molecule has 37 heavy (non-hydrogen) atoms. The van der Waals surface area contributed by atoms with Crippen molar-refractivity contribution in [2.75, 3.05) is 32.1 Å². The van der Waals surface area contributed by atoms with Crippen molar-refractivity contribution >= 4 is 24.0 Å². The largest absolute Gasteiger partial charge is 0.507 e.